The zero-order valence-corrected chi connectivity index (χ0v) is 27.8. The Hall–Kier alpha value is -3.07. The SMILES string of the molecule is CC1(CN(C[C@@H](O)[C@H](Cc2ccccc2)NC(=O)OC2C3COC4OC2CC4C3)S(=O)(=O)c2ccc3nc(NC4=CC4)sc3c2)CC1. The molecule has 5 unspecified atom stereocenters. The second-order valence-corrected chi connectivity index (χ2v) is 17.0. The van der Waals surface area contributed by atoms with Gasteiger partial charge < -0.3 is 30.0 Å². The first-order chi connectivity index (χ1) is 22.6. The van der Waals surface area contributed by atoms with Crippen LogP contribution in [0.25, 0.3) is 10.2 Å². The number of nitrogens with one attached hydrogen (secondary N) is 2. The lowest BCUT2D eigenvalue weighted by Gasteiger charge is -2.37. The highest BCUT2D eigenvalue weighted by atomic mass is 32.2. The van der Waals surface area contributed by atoms with Gasteiger partial charge in [0.25, 0.3) is 0 Å². The molecule has 3 N–H and O–H groups in total. The number of alkyl carbamates (subject to hydrolysis) is 1. The molecule has 2 aliphatic heterocycles. The average molecular weight is 681 g/mol. The van der Waals surface area contributed by atoms with Gasteiger partial charge in [0.15, 0.2) is 11.4 Å². The molecule has 11 nitrogen and oxygen atoms in total. The fraction of sp³-hybridized carbons (Fsp3) is 0.529. The van der Waals surface area contributed by atoms with Crippen LogP contribution in [0.15, 0.2) is 65.2 Å². The van der Waals surface area contributed by atoms with E-state index >= 15 is 0 Å². The van der Waals surface area contributed by atoms with Crippen LogP contribution in [0.4, 0.5) is 9.93 Å². The quantitative estimate of drug-likeness (QED) is 0.236. The number of aromatic nitrogens is 1. The second kappa shape index (κ2) is 12.1. The molecule has 0 radical (unpaired) electrons. The number of amides is 1. The van der Waals surface area contributed by atoms with Crippen LogP contribution >= 0.6 is 11.3 Å². The van der Waals surface area contributed by atoms with Gasteiger partial charge >= 0.3 is 6.09 Å². The minimum Gasteiger partial charge on any atom is -0.443 e. The van der Waals surface area contributed by atoms with Crippen molar-refractivity contribution in [2.24, 2.45) is 17.3 Å². The molecule has 2 aromatic carbocycles. The van der Waals surface area contributed by atoms with Crippen LogP contribution < -0.4 is 10.6 Å². The van der Waals surface area contributed by atoms with Crippen molar-refractivity contribution in [3.8, 4) is 0 Å². The predicted molar refractivity (Wildman–Crippen MR) is 176 cm³/mol. The predicted octanol–water partition coefficient (Wildman–Crippen LogP) is 4.63. The van der Waals surface area contributed by atoms with Crippen molar-refractivity contribution < 1.29 is 32.5 Å². The Balaban J connectivity index is 1.02. The second-order valence-electron chi connectivity index (χ2n) is 14.1. The summed E-state index contributed by atoms with van der Waals surface area (Å²) in [6.07, 6.45) is 4.04. The maximum Gasteiger partial charge on any atom is 0.407 e. The van der Waals surface area contributed by atoms with E-state index in [0.717, 1.165) is 58.7 Å². The third-order valence-electron chi connectivity index (χ3n) is 10.2. The smallest absolute Gasteiger partial charge is 0.407 e. The normalized spacial score (nSPS) is 28.1. The summed E-state index contributed by atoms with van der Waals surface area (Å²) in [7, 11) is -4.01. The number of aliphatic hydroxyl groups is 1. The molecule has 2 saturated carbocycles. The van der Waals surface area contributed by atoms with E-state index in [1.54, 1.807) is 18.2 Å². The van der Waals surface area contributed by atoms with Crippen molar-refractivity contribution in [3.63, 3.8) is 0 Å². The van der Waals surface area contributed by atoms with Gasteiger partial charge in [-0.1, -0.05) is 54.7 Å². The number of hydrogen-bond acceptors (Lipinski definition) is 10. The first-order valence-electron chi connectivity index (χ1n) is 16.4. The molecule has 8 rings (SSSR count). The number of carbonyl (C=O) groups excluding carboxylic acids is 1. The zero-order valence-electron chi connectivity index (χ0n) is 26.2. The first kappa shape index (κ1) is 31.2. The van der Waals surface area contributed by atoms with Crippen molar-refractivity contribution in [1.29, 1.82) is 0 Å². The molecule has 1 amide bonds. The molecule has 250 valence electrons. The van der Waals surface area contributed by atoms with Gasteiger partial charge in [-0.2, -0.15) is 4.31 Å². The fourth-order valence-corrected chi connectivity index (χ4v) is 9.77. The van der Waals surface area contributed by atoms with E-state index in [2.05, 4.69) is 28.6 Å². The van der Waals surface area contributed by atoms with E-state index in [1.807, 2.05) is 30.3 Å². The van der Waals surface area contributed by atoms with Crippen molar-refractivity contribution in [1.82, 2.24) is 14.6 Å². The molecule has 3 aromatic rings. The van der Waals surface area contributed by atoms with Crippen LogP contribution in [0.2, 0.25) is 0 Å². The molecule has 1 aromatic heterocycles. The van der Waals surface area contributed by atoms with Crippen molar-refractivity contribution in [3.05, 3.63) is 65.9 Å². The largest absolute Gasteiger partial charge is 0.443 e. The Morgan fingerprint density at radius 2 is 2.00 bits per heavy atom. The van der Waals surface area contributed by atoms with Crippen molar-refractivity contribution in [2.75, 3.05) is 25.0 Å². The number of thiazole rings is 1. The number of ether oxygens (including phenoxy) is 3. The Morgan fingerprint density at radius 3 is 2.77 bits per heavy atom. The maximum atomic E-state index is 14.3. The van der Waals surface area contributed by atoms with E-state index in [1.165, 1.54) is 15.6 Å². The number of benzene rings is 2. The molecular formula is C34H40N4O7S2. The molecule has 3 bridgehead atoms. The number of anilines is 1. The number of carbonyl (C=O) groups is 1. The molecule has 7 atom stereocenters. The number of nitrogens with zero attached hydrogens (tertiary/aromatic N) is 2. The topological polar surface area (TPSA) is 139 Å². The van der Waals surface area contributed by atoms with E-state index in [9.17, 15) is 18.3 Å². The third-order valence-corrected chi connectivity index (χ3v) is 12.9. The molecule has 0 spiro atoms. The van der Waals surface area contributed by atoms with Gasteiger partial charge in [-0.05, 0) is 61.3 Å². The highest BCUT2D eigenvalue weighted by Crippen LogP contribution is 2.47. The molecular weight excluding hydrogens is 641 g/mol. The Labute approximate surface area is 278 Å². The highest BCUT2D eigenvalue weighted by molar-refractivity contribution is 7.89. The lowest BCUT2D eigenvalue weighted by atomic mass is 9.78. The summed E-state index contributed by atoms with van der Waals surface area (Å²) in [5.74, 6) is 0.403. The Kier molecular flexibility index (Phi) is 8.05. The van der Waals surface area contributed by atoms with Gasteiger partial charge in [-0.3, -0.25) is 0 Å². The van der Waals surface area contributed by atoms with Gasteiger partial charge in [-0.15, -0.1) is 0 Å². The maximum absolute atomic E-state index is 14.3. The standard InChI is InChI=1S/C34H40N4O7S2/c1-34(11-12-34)19-38(47(41,42)24-9-10-25-29(16-24)46-32(36-25)35-23-7-8-23)17-27(39)26(13-20-5-3-2-4-6-20)37-33(40)45-30-22-14-21-15-28(30)44-31(21)43-18-22/h2-7,9-10,16,21-22,26-28,30-31,39H,8,11-15,17-19H2,1H3,(H,35,36)(H,37,40)/t21?,22?,26-,27+,28?,30?,31?/m0/s1. The minimum absolute atomic E-state index is 0.0641. The van der Waals surface area contributed by atoms with Gasteiger partial charge in [-0.25, -0.2) is 18.2 Å². The molecule has 4 fully saturated rings. The summed E-state index contributed by atoms with van der Waals surface area (Å²) in [5.41, 5.74) is 2.56. The number of aliphatic hydroxyl groups excluding tert-OH is 1. The van der Waals surface area contributed by atoms with Gasteiger partial charge in [0.2, 0.25) is 10.0 Å². The van der Waals surface area contributed by atoms with Crippen LogP contribution in [-0.4, -0.2) is 79.2 Å². The molecule has 3 aliphatic carbocycles. The lowest BCUT2D eigenvalue weighted by molar-refractivity contribution is -0.153. The monoisotopic (exact) mass is 680 g/mol. The van der Waals surface area contributed by atoms with E-state index in [0.29, 0.717) is 18.9 Å². The molecule has 3 heterocycles. The number of sulfonamides is 1. The Morgan fingerprint density at radius 1 is 1.19 bits per heavy atom. The number of allylic oxidation sites excluding steroid dienone is 2. The molecule has 5 aliphatic rings. The van der Waals surface area contributed by atoms with E-state index in [4.69, 9.17) is 14.2 Å². The summed E-state index contributed by atoms with van der Waals surface area (Å²) in [6.45, 7) is 2.63. The zero-order chi connectivity index (χ0) is 32.3. The van der Waals surface area contributed by atoms with Crippen LogP contribution in [0.5, 0.6) is 0 Å². The number of rotatable bonds is 13. The summed E-state index contributed by atoms with van der Waals surface area (Å²) in [6, 6.07) is 13.7. The summed E-state index contributed by atoms with van der Waals surface area (Å²) in [5, 5.41) is 18.6. The van der Waals surface area contributed by atoms with Crippen LogP contribution in [0.1, 0.15) is 44.6 Å². The third kappa shape index (κ3) is 6.66. The van der Waals surface area contributed by atoms with E-state index in [-0.39, 0.29) is 41.7 Å². The number of hydrogen-bond donors (Lipinski definition) is 3. The summed E-state index contributed by atoms with van der Waals surface area (Å²) < 4.78 is 48.5. The minimum atomic E-state index is -4.01. The summed E-state index contributed by atoms with van der Waals surface area (Å²) >= 11 is 1.41. The van der Waals surface area contributed by atoms with E-state index < -0.39 is 34.4 Å². The van der Waals surface area contributed by atoms with Crippen molar-refractivity contribution in [2.45, 2.75) is 81.0 Å². The molecule has 2 saturated heterocycles. The average Bonchev–Trinajstić information content (AvgIpc) is 3.94. The van der Waals surface area contributed by atoms with Crippen LogP contribution in [0.3, 0.4) is 0 Å². The molecule has 13 heteroatoms. The van der Waals surface area contributed by atoms with Gasteiger partial charge in [0.1, 0.15) is 6.10 Å². The first-order valence-corrected chi connectivity index (χ1v) is 18.7. The highest BCUT2D eigenvalue weighted by Gasteiger charge is 2.54. The molecule has 47 heavy (non-hydrogen) atoms. The summed E-state index contributed by atoms with van der Waals surface area (Å²) in [4.78, 5) is 18.2. The van der Waals surface area contributed by atoms with Gasteiger partial charge in [0, 0.05) is 37.0 Å². The Bertz CT molecular complexity index is 1790. The van der Waals surface area contributed by atoms with Gasteiger partial charge in [0.05, 0.1) is 40.0 Å². The lowest BCUT2D eigenvalue weighted by Crippen LogP contribution is -2.53. The fourth-order valence-electron chi connectivity index (χ4n) is 7.12. The van der Waals surface area contributed by atoms with Crippen LogP contribution in [-0.2, 0) is 30.7 Å². The van der Waals surface area contributed by atoms with Crippen molar-refractivity contribution >= 4 is 42.8 Å². The van der Waals surface area contributed by atoms with Crippen LogP contribution in [0, 0.1) is 17.3 Å². The number of fused-ring (bicyclic) bond motifs is 3.